The number of aliphatic hydroxyl groups is 1. The van der Waals surface area contributed by atoms with E-state index in [0.29, 0.717) is 13.2 Å². The van der Waals surface area contributed by atoms with Gasteiger partial charge in [-0.25, -0.2) is 0 Å². The minimum absolute atomic E-state index is 0.505. The quantitative estimate of drug-likeness (QED) is 0.762. The molecule has 0 amide bonds. The first kappa shape index (κ1) is 14.3. The summed E-state index contributed by atoms with van der Waals surface area (Å²) in [6, 6.07) is 7.89. The van der Waals surface area contributed by atoms with Gasteiger partial charge in [-0.3, -0.25) is 0 Å². The molecule has 0 bridgehead atoms. The molecule has 4 nitrogen and oxygen atoms in total. The maximum atomic E-state index is 9.88. The van der Waals surface area contributed by atoms with E-state index in [-0.39, 0.29) is 0 Å². The zero-order chi connectivity index (χ0) is 13.7. The Bertz CT molecular complexity index is 407. The lowest BCUT2D eigenvalue weighted by atomic mass is 10.1. The summed E-state index contributed by atoms with van der Waals surface area (Å²) in [5.41, 5.74) is 6.21. The maximum Gasteiger partial charge on any atom is 0.123 e. The van der Waals surface area contributed by atoms with Crippen LogP contribution in [-0.4, -0.2) is 41.8 Å². The van der Waals surface area contributed by atoms with Crippen LogP contribution in [0.3, 0.4) is 0 Å². The Morgan fingerprint density at radius 2 is 2.21 bits per heavy atom. The van der Waals surface area contributed by atoms with E-state index in [2.05, 4.69) is 4.90 Å². The number of hydrogen-bond donors (Lipinski definition) is 2. The van der Waals surface area contributed by atoms with Crippen molar-refractivity contribution in [2.75, 3.05) is 26.2 Å². The van der Waals surface area contributed by atoms with Gasteiger partial charge in [0.2, 0.25) is 0 Å². The van der Waals surface area contributed by atoms with Gasteiger partial charge in [0.05, 0.1) is 12.2 Å². The second-order valence-corrected chi connectivity index (χ2v) is 5.54. The van der Waals surface area contributed by atoms with Gasteiger partial charge in [-0.1, -0.05) is 18.2 Å². The van der Waals surface area contributed by atoms with Crippen molar-refractivity contribution in [3.8, 4) is 5.75 Å². The Kier molecular flexibility index (Phi) is 4.80. The van der Waals surface area contributed by atoms with Gasteiger partial charge in [-0.15, -0.1) is 0 Å². The van der Waals surface area contributed by atoms with Crippen molar-refractivity contribution >= 4 is 0 Å². The Hall–Kier alpha value is -1.10. The number of nitrogens with zero attached hydrogens (tertiary/aromatic N) is 1. The lowest BCUT2D eigenvalue weighted by Crippen LogP contribution is -2.30. The molecule has 2 rings (SSSR count). The van der Waals surface area contributed by atoms with Crippen LogP contribution in [0.4, 0.5) is 0 Å². The average molecular weight is 264 g/mol. The molecular weight excluding hydrogens is 240 g/mol. The highest BCUT2D eigenvalue weighted by Gasteiger charge is 2.30. The van der Waals surface area contributed by atoms with Crippen molar-refractivity contribution in [1.82, 2.24) is 4.90 Å². The van der Waals surface area contributed by atoms with Gasteiger partial charge in [-0.2, -0.15) is 0 Å². The number of para-hydroxylation sites is 1. The molecule has 1 saturated heterocycles. The Labute approximate surface area is 115 Å². The predicted molar refractivity (Wildman–Crippen MR) is 76.1 cm³/mol. The Balaban J connectivity index is 1.70. The smallest absolute Gasteiger partial charge is 0.123 e. The molecule has 1 heterocycles. The molecule has 1 aromatic carbocycles. The molecule has 0 radical (unpaired) electrons. The van der Waals surface area contributed by atoms with Crippen LogP contribution in [-0.2, 0) is 6.54 Å². The topological polar surface area (TPSA) is 58.7 Å². The van der Waals surface area contributed by atoms with Gasteiger partial charge < -0.3 is 20.5 Å². The molecule has 106 valence electrons. The van der Waals surface area contributed by atoms with Gasteiger partial charge in [-0.05, 0) is 25.8 Å². The highest BCUT2D eigenvalue weighted by Crippen LogP contribution is 2.20. The number of rotatable bonds is 6. The summed E-state index contributed by atoms with van der Waals surface area (Å²) in [5, 5.41) is 9.88. The number of nitrogens with two attached hydrogens (primary N) is 1. The largest absolute Gasteiger partial charge is 0.493 e. The van der Waals surface area contributed by atoms with Crippen LogP contribution < -0.4 is 10.5 Å². The zero-order valence-electron chi connectivity index (χ0n) is 11.6. The molecule has 3 N–H and O–H groups in total. The van der Waals surface area contributed by atoms with Gasteiger partial charge in [0, 0.05) is 31.7 Å². The molecule has 1 aliphatic heterocycles. The van der Waals surface area contributed by atoms with Crippen LogP contribution in [0.15, 0.2) is 24.3 Å². The first-order valence-corrected chi connectivity index (χ1v) is 6.96. The fraction of sp³-hybridized carbons (Fsp3) is 0.600. The average Bonchev–Trinajstić information content (AvgIpc) is 2.75. The molecule has 1 atom stereocenters. The van der Waals surface area contributed by atoms with Crippen molar-refractivity contribution < 1.29 is 9.84 Å². The molecule has 0 spiro atoms. The molecule has 0 aromatic heterocycles. The summed E-state index contributed by atoms with van der Waals surface area (Å²) >= 11 is 0. The summed E-state index contributed by atoms with van der Waals surface area (Å²) in [6.45, 7) is 5.82. The van der Waals surface area contributed by atoms with E-state index in [1.54, 1.807) is 0 Å². The summed E-state index contributed by atoms with van der Waals surface area (Å²) in [4.78, 5) is 2.29. The van der Waals surface area contributed by atoms with Gasteiger partial charge >= 0.3 is 0 Å². The number of likely N-dealkylation sites (tertiary alicyclic amines) is 1. The fourth-order valence-corrected chi connectivity index (χ4v) is 2.51. The van der Waals surface area contributed by atoms with Gasteiger partial charge in [0.1, 0.15) is 5.75 Å². The maximum absolute atomic E-state index is 9.88. The van der Waals surface area contributed by atoms with Crippen LogP contribution in [0.25, 0.3) is 0 Å². The summed E-state index contributed by atoms with van der Waals surface area (Å²) < 4.78 is 5.77. The van der Waals surface area contributed by atoms with E-state index in [9.17, 15) is 5.11 Å². The first-order valence-electron chi connectivity index (χ1n) is 6.96. The molecule has 0 aliphatic carbocycles. The number of benzene rings is 1. The summed E-state index contributed by atoms with van der Waals surface area (Å²) in [5.74, 6) is 0.887. The second-order valence-electron chi connectivity index (χ2n) is 5.54. The highest BCUT2D eigenvalue weighted by molar-refractivity contribution is 5.32. The molecule has 0 saturated carbocycles. The Morgan fingerprint density at radius 1 is 1.42 bits per heavy atom. The lowest BCUT2D eigenvalue weighted by Gasteiger charge is -2.18. The molecule has 1 fully saturated rings. The summed E-state index contributed by atoms with van der Waals surface area (Å²) in [7, 11) is 0. The van der Waals surface area contributed by atoms with Crippen LogP contribution in [0.2, 0.25) is 0 Å². The third kappa shape index (κ3) is 4.20. The first-order chi connectivity index (χ1) is 9.11. The molecule has 19 heavy (non-hydrogen) atoms. The lowest BCUT2D eigenvalue weighted by molar-refractivity contribution is 0.0681. The predicted octanol–water partition coefficient (Wildman–Crippen LogP) is 1.37. The van der Waals surface area contributed by atoms with Crippen molar-refractivity contribution in [3.05, 3.63) is 29.8 Å². The monoisotopic (exact) mass is 264 g/mol. The van der Waals surface area contributed by atoms with Crippen LogP contribution in [0, 0.1) is 0 Å². The molecular formula is C15H24N2O2. The van der Waals surface area contributed by atoms with E-state index in [1.807, 2.05) is 31.2 Å². The van der Waals surface area contributed by atoms with Crippen molar-refractivity contribution in [2.24, 2.45) is 5.73 Å². The normalized spacial score (nSPS) is 23.7. The van der Waals surface area contributed by atoms with Crippen LogP contribution in [0.5, 0.6) is 5.75 Å². The highest BCUT2D eigenvalue weighted by atomic mass is 16.5. The number of β-amino-alcohol motifs (C(OH)–C–C–N with tert-alkyl or cyclic N) is 1. The van der Waals surface area contributed by atoms with Gasteiger partial charge in [0.25, 0.3) is 0 Å². The van der Waals surface area contributed by atoms with Crippen LogP contribution in [0.1, 0.15) is 25.3 Å². The van der Waals surface area contributed by atoms with Crippen LogP contribution >= 0.6 is 0 Å². The third-order valence-corrected chi connectivity index (χ3v) is 3.60. The van der Waals surface area contributed by atoms with E-state index in [4.69, 9.17) is 10.5 Å². The zero-order valence-corrected chi connectivity index (χ0v) is 11.6. The van der Waals surface area contributed by atoms with Crippen molar-refractivity contribution in [1.29, 1.82) is 0 Å². The minimum atomic E-state index is -0.507. The summed E-state index contributed by atoms with van der Waals surface area (Å²) in [6.07, 6.45) is 1.83. The molecule has 1 unspecified atom stereocenters. The number of ether oxygens (including phenoxy) is 1. The van der Waals surface area contributed by atoms with E-state index < -0.39 is 5.60 Å². The standard InChI is InChI=1S/C15H24N2O2/c1-15(18)7-9-17(12-15)8-4-10-19-14-6-3-2-5-13(14)11-16/h2-3,5-6,18H,4,7-12,16H2,1H3. The van der Waals surface area contributed by atoms with Crippen molar-refractivity contribution in [3.63, 3.8) is 0 Å². The molecule has 1 aliphatic rings. The van der Waals surface area contributed by atoms with E-state index in [0.717, 1.165) is 43.8 Å². The number of hydrogen-bond acceptors (Lipinski definition) is 4. The second kappa shape index (κ2) is 6.37. The molecule has 4 heteroatoms. The third-order valence-electron chi connectivity index (χ3n) is 3.60. The molecule has 1 aromatic rings. The fourth-order valence-electron chi connectivity index (χ4n) is 2.51. The van der Waals surface area contributed by atoms with E-state index >= 15 is 0 Å². The SMILES string of the molecule is CC1(O)CCN(CCCOc2ccccc2CN)C1. The van der Waals surface area contributed by atoms with Gasteiger partial charge in [0.15, 0.2) is 0 Å². The van der Waals surface area contributed by atoms with Crippen molar-refractivity contribution in [2.45, 2.75) is 31.9 Å². The van der Waals surface area contributed by atoms with E-state index in [1.165, 1.54) is 0 Å². The minimum Gasteiger partial charge on any atom is -0.493 e. The Morgan fingerprint density at radius 3 is 2.89 bits per heavy atom.